The third-order valence-corrected chi connectivity index (χ3v) is 4.77. The second kappa shape index (κ2) is 9.74. The lowest BCUT2D eigenvalue weighted by molar-refractivity contribution is 0.0678. The summed E-state index contributed by atoms with van der Waals surface area (Å²) < 4.78 is 5.41. The molecule has 0 aromatic carbocycles. The number of aliphatic imine (C=N–C) groups is 1. The Kier molecular flexibility index (Phi) is 7.66. The first-order chi connectivity index (χ1) is 12.5. The summed E-state index contributed by atoms with van der Waals surface area (Å²) in [4.78, 5) is 13.3. The fourth-order valence-electron chi connectivity index (χ4n) is 3.10. The molecule has 0 N–H and O–H groups in total. The minimum absolute atomic E-state index is 0.545. The molecule has 2 heterocycles. The molecule has 1 aromatic rings. The van der Waals surface area contributed by atoms with Crippen LogP contribution in [0.5, 0.6) is 0 Å². The Morgan fingerprint density at radius 1 is 1.31 bits per heavy atom. The maximum absolute atomic E-state index is 6.69. The van der Waals surface area contributed by atoms with Gasteiger partial charge in [-0.25, -0.2) is 4.99 Å². The van der Waals surface area contributed by atoms with Gasteiger partial charge in [-0.15, -0.1) is 0 Å². The van der Waals surface area contributed by atoms with Gasteiger partial charge in [0.1, 0.15) is 11.0 Å². The molecule has 6 heteroatoms. The Bertz CT molecular complexity index is 687. The van der Waals surface area contributed by atoms with E-state index >= 15 is 0 Å². The van der Waals surface area contributed by atoms with E-state index in [2.05, 4.69) is 35.6 Å². The third-order valence-electron chi connectivity index (χ3n) is 4.46. The molecule has 5 nitrogen and oxygen atoms in total. The van der Waals surface area contributed by atoms with Crippen molar-refractivity contribution in [1.29, 1.82) is 0 Å². The van der Waals surface area contributed by atoms with Gasteiger partial charge in [0.2, 0.25) is 0 Å². The van der Waals surface area contributed by atoms with Crippen LogP contribution in [0.25, 0.3) is 0 Å². The minimum Gasteiger partial charge on any atom is -0.378 e. The number of ether oxygens (including phenoxy) is 1. The zero-order chi connectivity index (χ0) is 19.1. The van der Waals surface area contributed by atoms with Gasteiger partial charge in [-0.05, 0) is 39.3 Å². The van der Waals surface area contributed by atoms with E-state index in [1.165, 1.54) is 5.57 Å². The minimum atomic E-state index is 0.545. The molecule has 1 aliphatic heterocycles. The van der Waals surface area contributed by atoms with Crippen molar-refractivity contribution in [3.8, 4) is 0 Å². The van der Waals surface area contributed by atoms with Gasteiger partial charge < -0.3 is 14.5 Å². The van der Waals surface area contributed by atoms with E-state index in [0.29, 0.717) is 5.16 Å². The van der Waals surface area contributed by atoms with Crippen LogP contribution >= 0.6 is 11.6 Å². The van der Waals surface area contributed by atoms with E-state index in [-0.39, 0.29) is 0 Å². The molecule has 0 saturated carbocycles. The van der Waals surface area contributed by atoms with E-state index in [9.17, 15) is 0 Å². The largest absolute Gasteiger partial charge is 0.378 e. The summed E-state index contributed by atoms with van der Waals surface area (Å²) in [6.07, 6.45) is 4.43. The number of allylic oxidation sites excluding steroid dienone is 2. The van der Waals surface area contributed by atoms with Crippen molar-refractivity contribution in [2.45, 2.75) is 34.1 Å². The Morgan fingerprint density at radius 2 is 2.00 bits per heavy atom. The maximum atomic E-state index is 6.69. The van der Waals surface area contributed by atoms with Crippen molar-refractivity contribution in [2.75, 3.05) is 38.3 Å². The summed E-state index contributed by atoms with van der Waals surface area (Å²) in [7, 11) is 2.04. The van der Waals surface area contributed by atoms with Crippen LogP contribution in [0.3, 0.4) is 0 Å². The molecule has 142 valence electrons. The highest BCUT2D eigenvalue weighted by molar-refractivity contribution is 6.30. The molecule has 0 radical (unpaired) electrons. The zero-order valence-corrected chi connectivity index (χ0v) is 17.2. The lowest BCUT2D eigenvalue weighted by Gasteiger charge is -2.29. The number of aromatic nitrogens is 1. The number of hydrogen-bond acceptors (Lipinski definition) is 4. The molecule has 1 saturated heterocycles. The standard InChI is InChI=1S/C20H29ClN4O/c1-6-18(20(21)23-16(4)25-10-12-26-13-11-25)19(15(2)3)24(5)17-8-7-9-22-14-17/h7-9,14H,6,10-13H2,1-5H3/b20-18-,23-16+. The van der Waals surface area contributed by atoms with Gasteiger partial charge in [-0.1, -0.05) is 24.1 Å². The second-order valence-corrected chi connectivity index (χ2v) is 6.86. The van der Waals surface area contributed by atoms with Gasteiger partial charge in [0.05, 0.1) is 25.1 Å². The van der Waals surface area contributed by atoms with Crippen LogP contribution in [0.15, 0.2) is 51.5 Å². The lowest BCUT2D eigenvalue weighted by atomic mass is 10.1. The summed E-state index contributed by atoms with van der Waals surface area (Å²) in [5.74, 6) is 0.932. The number of hydrogen-bond donors (Lipinski definition) is 0. The fraction of sp³-hybridized carbons (Fsp3) is 0.500. The number of likely N-dealkylation sites (N-methyl/N-ethyl adjacent to an activating group) is 1. The molecular formula is C20H29ClN4O. The topological polar surface area (TPSA) is 41.0 Å². The summed E-state index contributed by atoms with van der Waals surface area (Å²) in [5, 5.41) is 0.545. The van der Waals surface area contributed by atoms with E-state index in [4.69, 9.17) is 21.3 Å². The first-order valence-electron chi connectivity index (χ1n) is 9.04. The van der Waals surface area contributed by atoms with Crippen LogP contribution in [-0.4, -0.2) is 49.1 Å². The quantitative estimate of drug-likeness (QED) is 0.330. The van der Waals surface area contributed by atoms with E-state index in [1.54, 1.807) is 6.20 Å². The fourth-order valence-corrected chi connectivity index (χ4v) is 3.44. The first-order valence-corrected chi connectivity index (χ1v) is 9.41. The van der Waals surface area contributed by atoms with Crippen LogP contribution in [-0.2, 0) is 4.74 Å². The lowest BCUT2D eigenvalue weighted by Crippen LogP contribution is -2.39. The van der Waals surface area contributed by atoms with Crippen LogP contribution in [0.4, 0.5) is 5.69 Å². The third kappa shape index (κ3) is 5.08. The van der Waals surface area contributed by atoms with Gasteiger partial charge >= 0.3 is 0 Å². The Balaban J connectivity index is 2.38. The number of nitrogens with zero attached hydrogens (tertiary/aromatic N) is 4. The smallest absolute Gasteiger partial charge is 0.136 e. The second-order valence-electron chi connectivity index (χ2n) is 6.50. The predicted octanol–water partition coefficient (Wildman–Crippen LogP) is 4.42. The number of halogens is 1. The number of anilines is 1. The van der Waals surface area contributed by atoms with Crippen molar-refractivity contribution < 1.29 is 4.74 Å². The first kappa shape index (κ1) is 20.5. The number of amidine groups is 1. The molecule has 26 heavy (non-hydrogen) atoms. The van der Waals surface area contributed by atoms with E-state index in [1.807, 2.05) is 32.3 Å². The maximum Gasteiger partial charge on any atom is 0.136 e. The van der Waals surface area contributed by atoms with E-state index < -0.39 is 0 Å². The Morgan fingerprint density at radius 3 is 2.54 bits per heavy atom. The van der Waals surface area contributed by atoms with Gasteiger partial charge in [0.15, 0.2) is 0 Å². The highest BCUT2D eigenvalue weighted by Crippen LogP contribution is 2.30. The van der Waals surface area contributed by atoms with Crippen molar-refractivity contribution in [3.63, 3.8) is 0 Å². The normalized spacial score (nSPS) is 16.2. The molecule has 0 aliphatic carbocycles. The Hall–Kier alpha value is -1.85. The molecule has 2 rings (SSSR count). The van der Waals surface area contributed by atoms with Crippen molar-refractivity contribution in [1.82, 2.24) is 9.88 Å². The summed E-state index contributed by atoms with van der Waals surface area (Å²) in [6.45, 7) is 11.5. The SMILES string of the molecule is CC/C(C(=C(C)C)N(C)c1cccnc1)=C(Cl)/N=C(\C)N1CCOCC1. The number of pyridine rings is 1. The highest BCUT2D eigenvalue weighted by Gasteiger charge is 2.18. The average Bonchev–Trinajstić information content (AvgIpc) is 2.66. The van der Waals surface area contributed by atoms with Gasteiger partial charge in [-0.2, -0.15) is 0 Å². The van der Waals surface area contributed by atoms with Crippen LogP contribution in [0, 0.1) is 0 Å². The molecule has 1 fully saturated rings. The molecule has 1 aromatic heterocycles. The molecule has 0 amide bonds. The average molecular weight is 377 g/mol. The van der Waals surface area contributed by atoms with Crippen LogP contribution in [0.1, 0.15) is 34.1 Å². The van der Waals surface area contributed by atoms with Crippen LogP contribution < -0.4 is 4.90 Å². The van der Waals surface area contributed by atoms with Gasteiger partial charge in [0, 0.05) is 37.6 Å². The monoisotopic (exact) mass is 376 g/mol. The molecule has 0 unspecified atom stereocenters. The number of rotatable bonds is 5. The molecule has 0 atom stereocenters. The highest BCUT2D eigenvalue weighted by atomic mass is 35.5. The molecular weight excluding hydrogens is 348 g/mol. The van der Waals surface area contributed by atoms with Crippen molar-refractivity contribution in [2.24, 2.45) is 4.99 Å². The van der Waals surface area contributed by atoms with Crippen LogP contribution in [0.2, 0.25) is 0 Å². The Labute approximate surface area is 162 Å². The predicted molar refractivity (Wildman–Crippen MR) is 110 cm³/mol. The summed E-state index contributed by atoms with van der Waals surface area (Å²) in [6, 6.07) is 3.98. The zero-order valence-electron chi connectivity index (χ0n) is 16.4. The van der Waals surface area contributed by atoms with Gasteiger partial charge in [-0.3, -0.25) is 4.98 Å². The molecule has 1 aliphatic rings. The van der Waals surface area contributed by atoms with Crippen molar-refractivity contribution in [3.05, 3.63) is 46.5 Å². The van der Waals surface area contributed by atoms with Gasteiger partial charge in [0.25, 0.3) is 0 Å². The van der Waals surface area contributed by atoms with Crippen molar-refractivity contribution >= 4 is 23.1 Å². The summed E-state index contributed by atoms with van der Waals surface area (Å²) >= 11 is 6.69. The van der Waals surface area contributed by atoms with E-state index in [0.717, 1.165) is 55.5 Å². The molecule has 0 bridgehead atoms. The molecule has 0 spiro atoms. The summed E-state index contributed by atoms with van der Waals surface area (Å²) in [5.41, 5.74) is 4.33. The number of morpholine rings is 1.